The van der Waals surface area contributed by atoms with Crippen LogP contribution in [0.2, 0.25) is 0 Å². The van der Waals surface area contributed by atoms with Crippen LogP contribution < -0.4 is 0 Å². The van der Waals surface area contributed by atoms with Crippen LogP contribution in [-0.4, -0.2) is 34.3 Å². The van der Waals surface area contributed by atoms with Crippen LogP contribution in [-0.2, 0) is 7.05 Å². The lowest BCUT2D eigenvalue weighted by molar-refractivity contribution is 0.557. The van der Waals surface area contributed by atoms with Crippen molar-refractivity contribution < 1.29 is 4.39 Å². The summed E-state index contributed by atoms with van der Waals surface area (Å²) < 4.78 is 19.3. The van der Waals surface area contributed by atoms with Crippen LogP contribution >= 0.6 is 15.9 Å². The van der Waals surface area contributed by atoms with Gasteiger partial charge in [0.1, 0.15) is 16.2 Å². The number of rotatable bonds is 3. The second-order valence-corrected chi connectivity index (χ2v) is 8.05. The van der Waals surface area contributed by atoms with Crippen LogP contribution in [0.25, 0.3) is 33.3 Å². The quantitative estimate of drug-likeness (QED) is 0.389. The maximum Gasteiger partial charge on any atom is 0.197 e. The molecule has 0 radical (unpaired) electrons. The van der Waals surface area contributed by atoms with E-state index in [1.165, 1.54) is 6.07 Å². The fourth-order valence-corrected chi connectivity index (χ4v) is 4.04. The van der Waals surface area contributed by atoms with Gasteiger partial charge < -0.3 is 4.57 Å². The van der Waals surface area contributed by atoms with Gasteiger partial charge in [0.05, 0.1) is 24.0 Å². The van der Waals surface area contributed by atoms with E-state index in [0.717, 1.165) is 22.3 Å². The zero-order chi connectivity index (χ0) is 21.0. The van der Waals surface area contributed by atoms with Crippen LogP contribution in [0.5, 0.6) is 0 Å². The van der Waals surface area contributed by atoms with Crippen LogP contribution in [0, 0.1) is 12.7 Å². The van der Waals surface area contributed by atoms with E-state index in [1.54, 1.807) is 23.3 Å². The second-order valence-electron chi connectivity index (χ2n) is 7.24. The first-order valence-electron chi connectivity index (χ1n) is 9.36. The molecule has 5 aromatic rings. The number of halogens is 2. The molecule has 0 spiro atoms. The summed E-state index contributed by atoms with van der Waals surface area (Å²) >= 11 is 3.36. The summed E-state index contributed by atoms with van der Waals surface area (Å²) in [5.74, 6) is 0.401. The zero-order valence-corrected chi connectivity index (χ0v) is 18.1. The van der Waals surface area contributed by atoms with E-state index in [1.807, 2.05) is 43.8 Å². The molecule has 4 heterocycles. The predicted octanol–water partition coefficient (Wildman–Crippen LogP) is 4.59. The molecule has 1 aromatic carbocycles. The number of hydrogen-bond acceptors (Lipinski definition) is 5. The van der Waals surface area contributed by atoms with Crippen LogP contribution in [0.1, 0.15) is 24.4 Å². The Hall–Kier alpha value is -3.20. The van der Waals surface area contributed by atoms with E-state index in [9.17, 15) is 0 Å². The Morgan fingerprint density at radius 2 is 1.87 bits per heavy atom. The maximum absolute atomic E-state index is 15.1. The van der Waals surface area contributed by atoms with Crippen molar-refractivity contribution in [2.45, 2.75) is 19.9 Å². The molecule has 0 aliphatic carbocycles. The second kappa shape index (κ2) is 6.94. The van der Waals surface area contributed by atoms with Gasteiger partial charge in [-0.1, -0.05) is 0 Å². The number of aromatic nitrogens is 7. The number of nitrogens with zero attached hydrogens (tertiary/aromatic N) is 7. The molecule has 4 aromatic heterocycles. The van der Waals surface area contributed by atoms with E-state index in [0.29, 0.717) is 27.0 Å². The van der Waals surface area contributed by atoms with Gasteiger partial charge in [-0.25, -0.2) is 19.3 Å². The van der Waals surface area contributed by atoms with Gasteiger partial charge >= 0.3 is 0 Å². The third-order valence-electron chi connectivity index (χ3n) is 5.23. The molecule has 0 saturated carbocycles. The Morgan fingerprint density at radius 1 is 1.03 bits per heavy atom. The molecule has 7 nitrogen and oxygen atoms in total. The molecule has 5 rings (SSSR count). The Bertz CT molecular complexity index is 1420. The predicted molar refractivity (Wildman–Crippen MR) is 115 cm³/mol. The fourth-order valence-electron chi connectivity index (χ4n) is 3.77. The highest BCUT2D eigenvalue weighted by molar-refractivity contribution is 9.10. The normalized spacial score (nSPS) is 12.7. The maximum atomic E-state index is 15.1. The smallest absolute Gasteiger partial charge is 0.197 e. The van der Waals surface area contributed by atoms with Crippen molar-refractivity contribution in [3.8, 4) is 11.1 Å². The topological polar surface area (TPSA) is 74.3 Å². The highest BCUT2D eigenvalue weighted by Gasteiger charge is 2.21. The molecule has 0 fully saturated rings. The molecule has 0 unspecified atom stereocenters. The SMILES string of the molecule is Cc1nc2ncc(Br)nc2n1[C@@H](C)c1cc2cc(-c3cnn(C)c3)cnc2cc1F. The minimum Gasteiger partial charge on any atom is -0.304 e. The summed E-state index contributed by atoms with van der Waals surface area (Å²) in [5, 5.41) is 5.07. The molecule has 0 aliphatic heterocycles. The van der Waals surface area contributed by atoms with Crippen LogP contribution in [0.3, 0.4) is 0 Å². The lowest BCUT2D eigenvalue weighted by Gasteiger charge is -2.18. The van der Waals surface area contributed by atoms with Crippen molar-refractivity contribution in [2.75, 3.05) is 0 Å². The summed E-state index contributed by atoms with van der Waals surface area (Å²) in [7, 11) is 1.87. The average Bonchev–Trinajstić information content (AvgIpc) is 3.29. The lowest BCUT2D eigenvalue weighted by atomic mass is 10.0. The highest BCUT2D eigenvalue weighted by Crippen LogP contribution is 2.30. The first-order valence-corrected chi connectivity index (χ1v) is 10.2. The molecule has 9 heteroatoms. The molecule has 0 aliphatic rings. The zero-order valence-electron chi connectivity index (χ0n) is 16.5. The Labute approximate surface area is 179 Å². The van der Waals surface area contributed by atoms with E-state index < -0.39 is 0 Å². The molecule has 30 heavy (non-hydrogen) atoms. The van der Waals surface area contributed by atoms with E-state index in [2.05, 4.69) is 41.0 Å². The van der Waals surface area contributed by atoms with Gasteiger partial charge in [0.2, 0.25) is 0 Å². The van der Waals surface area contributed by atoms with Gasteiger partial charge in [-0.2, -0.15) is 5.10 Å². The molecular formula is C21H17BrFN7. The van der Waals surface area contributed by atoms with E-state index in [4.69, 9.17) is 0 Å². The van der Waals surface area contributed by atoms with Crippen molar-refractivity contribution >= 4 is 38.1 Å². The van der Waals surface area contributed by atoms with Gasteiger partial charge in [-0.05, 0) is 41.9 Å². The van der Waals surface area contributed by atoms with Crippen LogP contribution in [0.4, 0.5) is 4.39 Å². The summed E-state index contributed by atoms with van der Waals surface area (Å²) in [6.07, 6.45) is 7.05. The molecule has 0 amide bonds. The minimum absolute atomic E-state index is 0.319. The Kier molecular flexibility index (Phi) is 4.35. The van der Waals surface area contributed by atoms with Crippen molar-refractivity contribution in [3.05, 3.63) is 64.8 Å². The van der Waals surface area contributed by atoms with Gasteiger partial charge in [-0.15, -0.1) is 0 Å². The highest BCUT2D eigenvalue weighted by atomic mass is 79.9. The van der Waals surface area contributed by atoms with Gasteiger partial charge in [-0.3, -0.25) is 9.67 Å². The van der Waals surface area contributed by atoms with E-state index in [-0.39, 0.29) is 11.9 Å². The molecular weight excluding hydrogens is 449 g/mol. The standard InChI is InChI=1S/C21H17BrFN7/c1-11(30-12(2)27-20-21(30)28-19(22)9-25-20)16-5-13-4-14(15-8-26-29(3)10-15)7-24-18(13)6-17(16)23/h4-11H,1-3H3/t11-/m0/s1. The Balaban J connectivity index is 1.65. The molecule has 150 valence electrons. The molecule has 0 saturated heterocycles. The third kappa shape index (κ3) is 3.06. The van der Waals surface area contributed by atoms with E-state index >= 15 is 4.39 Å². The molecule has 0 N–H and O–H groups in total. The van der Waals surface area contributed by atoms with Gasteiger partial charge in [0.15, 0.2) is 11.3 Å². The van der Waals surface area contributed by atoms with Crippen molar-refractivity contribution in [1.29, 1.82) is 0 Å². The number of benzene rings is 1. The van der Waals surface area contributed by atoms with Crippen molar-refractivity contribution in [3.63, 3.8) is 0 Å². The van der Waals surface area contributed by atoms with Crippen LogP contribution in [0.15, 0.2) is 47.6 Å². The fraction of sp³-hybridized carbons (Fsp3) is 0.190. The summed E-state index contributed by atoms with van der Waals surface area (Å²) in [6, 6.07) is 5.00. The first-order chi connectivity index (χ1) is 14.4. The third-order valence-corrected chi connectivity index (χ3v) is 5.61. The number of hydrogen-bond donors (Lipinski definition) is 0. The summed E-state index contributed by atoms with van der Waals surface area (Å²) in [5.41, 5.74) is 4.17. The molecule has 0 bridgehead atoms. The van der Waals surface area contributed by atoms with Gasteiger partial charge in [0, 0.05) is 47.6 Å². The number of fused-ring (bicyclic) bond motifs is 2. The van der Waals surface area contributed by atoms with Crippen molar-refractivity contribution in [1.82, 2.24) is 34.3 Å². The number of aryl methyl sites for hydroxylation is 2. The molecule has 1 atom stereocenters. The average molecular weight is 466 g/mol. The summed E-state index contributed by atoms with van der Waals surface area (Å²) in [6.45, 7) is 3.80. The Morgan fingerprint density at radius 3 is 2.63 bits per heavy atom. The summed E-state index contributed by atoms with van der Waals surface area (Å²) in [4.78, 5) is 17.7. The monoisotopic (exact) mass is 465 g/mol. The number of pyridine rings is 1. The van der Waals surface area contributed by atoms with Gasteiger partial charge in [0.25, 0.3) is 0 Å². The largest absolute Gasteiger partial charge is 0.304 e. The van der Waals surface area contributed by atoms with Crippen molar-refractivity contribution in [2.24, 2.45) is 7.05 Å². The first kappa shape index (κ1) is 18.8. The number of imidazole rings is 1. The minimum atomic E-state index is -0.329. The lowest BCUT2D eigenvalue weighted by Crippen LogP contribution is -2.11.